The van der Waals surface area contributed by atoms with Crippen molar-refractivity contribution in [1.82, 2.24) is 15.1 Å². The van der Waals surface area contributed by atoms with Gasteiger partial charge in [0.2, 0.25) is 0 Å². The molecule has 1 unspecified atom stereocenters. The van der Waals surface area contributed by atoms with E-state index in [1.54, 1.807) is 0 Å². The number of halogens is 1. The van der Waals surface area contributed by atoms with E-state index >= 15 is 0 Å². The lowest BCUT2D eigenvalue weighted by molar-refractivity contribution is 0.512. The van der Waals surface area contributed by atoms with Crippen LogP contribution in [0, 0.1) is 0 Å². The van der Waals surface area contributed by atoms with Crippen molar-refractivity contribution in [2.24, 2.45) is 0 Å². The number of hydrogen-bond acceptors (Lipinski definition) is 3. The first-order valence-electron chi connectivity index (χ1n) is 6.76. The maximum atomic E-state index is 4.41. The van der Waals surface area contributed by atoms with Crippen molar-refractivity contribution in [1.29, 1.82) is 0 Å². The van der Waals surface area contributed by atoms with Crippen LogP contribution in [0.25, 0.3) is 0 Å². The van der Waals surface area contributed by atoms with E-state index < -0.39 is 0 Å². The summed E-state index contributed by atoms with van der Waals surface area (Å²) in [4.78, 5) is 0. The van der Waals surface area contributed by atoms with Gasteiger partial charge in [-0.15, -0.1) is 0 Å². The van der Waals surface area contributed by atoms with Crippen LogP contribution in [0.4, 0.5) is 0 Å². The van der Waals surface area contributed by atoms with Crippen molar-refractivity contribution in [3.05, 3.63) is 16.4 Å². The van der Waals surface area contributed by atoms with Crippen LogP contribution in [0.2, 0.25) is 0 Å². The highest BCUT2D eigenvalue weighted by Gasteiger charge is 2.18. The van der Waals surface area contributed by atoms with Crippen LogP contribution in [0.3, 0.4) is 0 Å². The summed E-state index contributed by atoms with van der Waals surface area (Å²) in [7, 11) is 0. The van der Waals surface area contributed by atoms with Gasteiger partial charge in [0.1, 0.15) is 0 Å². The summed E-state index contributed by atoms with van der Waals surface area (Å²) in [6, 6.07) is 0.387. The number of hydrogen-bond donors (Lipinski definition) is 1. The maximum Gasteiger partial charge on any atom is 0.0703 e. The Morgan fingerprint density at radius 3 is 2.78 bits per heavy atom. The molecule has 1 aromatic heterocycles. The lowest BCUT2D eigenvalue weighted by atomic mass is 10.2. The summed E-state index contributed by atoms with van der Waals surface area (Å²) < 4.78 is 3.21. The van der Waals surface area contributed by atoms with Gasteiger partial charge < -0.3 is 5.32 Å². The molecule has 0 radical (unpaired) electrons. The molecular formula is C13H24BrN3S. The normalized spacial score (nSPS) is 12.9. The Bertz CT molecular complexity index is 341. The monoisotopic (exact) mass is 333 g/mol. The predicted molar refractivity (Wildman–Crippen MR) is 84.3 cm³/mol. The Hall–Kier alpha value is 0. The zero-order valence-electron chi connectivity index (χ0n) is 11.6. The van der Waals surface area contributed by atoms with Gasteiger partial charge in [0.15, 0.2) is 0 Å². The first kappa shape index (κ1) is 16.1. The molecule has 1 aromatic rings. The summed E-state index contributed by atoms with van der Waals surface area (Å²) in [6.07, 6.45) is 4.30. The third-order valence-electron chi connectivity index (χ3n) is 2.74. The third-order valence-corrected chi connectivity index (χ3v) is 4.61. The van der Waals surface area contributed by atoms with E-state index in [0.29, 0.717) is 6.04 Å². The molecular weight excluding hydrogens is 310 g/mol. The van der Waals surface area contributed by atoms with Crippen molar-refractivity contribution in [3.63, 3.8) is 0 Å². The van der Waals surface area contributed by atoms with Gasteiger partial charge in [-0.2, -0.15) is 16.9 Å². The predicted octanol–water partition coefficient (Wildman–Crippen LogP) is 3.85. The highest BCUT2D eigenvalue weighted by molar-refractivity contribution is 9.10. The summed E-state index contributed by atoms with van der Waals surface area (Å²) in [5.74, 6) is 2.33. The first-order valence-corrected chi connectivity index (χ1v) is 8.71. The molecule has 1 heterocycles. The van der Waals surface area contributed by atoms with Crippen LogP contribution in [0.1, 0.15) is 45.3 Å². The Balaban J connectivity index is 2.75. The molecule has 1 rings (SSSR count). The van der Waals surface area contributed by atoms with Gasteiger partial charge in [0.25, 0.3) is 0 Å². The van der Waals surface area contributed by atoms with Gasteiger partial charge in [0, 0.05) is 12.3 Å². The second kappa shape index (κ2) is 8.99. The average molecular weight is 334 g/mol. The van der Waals surface area contributed by atoms with Gasteiger partial charge in [-0.05, 0) is 48.0 Å². The molecule has 0 spiro atoms. The van der Waals surface area contributed by atoms with Crippen molar-refractivity contribution >= 4 is 27.7 Å². The standard InChI is InChI=1S/C13H24BrN3S/c1-4-7-15-12(10-18-8-5-2)13-11(14)9-16-17(13)6-3/h9,12,15H,4-8,10H2,1-3H3. The fraction of sp³-hybridized carbons (Fsp3) is 0.769. The van der Waals surface area contributed by atoms with Gasteiger partial charge in [-0.25, -0.2) is 0 Å². The second-order valence-electron chi connectivity index (χ2n) is 4.28. The van der Waals surface area contributed by atoms with E-state index in [4.69, 9.17) is 0 Å². The van der Waals surface area contributed by atoms with Gasteiger partial charge in [0.05, 0.1) is 22.4 Å². The quantitative estimate of drug-likeness (QED) is 0.696. The van der Waals surface area contributed by atoms with Crippen molar-refractivity contribution in [2.75, 3.05) is 18.1 Å². The average Bonchev–Trinajstić information content (AvgIpc) is 2.75. The number of aryl methyl sites for hydroxylation is 1. The third kappa shape index (κ3) is 4.59. The highest BCUT2D eigenvalue weighted by Crippen LogP contribution is 2.26. The van der Waals surface area contributed by atoms with Crippen LogP contribution >= 0.6 is 27.7 Å². The van der Waals surface area contributed by atoms with Crippen molar-refractivity contribution < 1.29 is 0 Å². The Morgan fingerprint density at radius 1 is 1.39 bits per heavy atom. The minimum Gasteiger partial charge on any atom is -0.308 e. The van der Waals surface area contributed by atoms with E-state index in [1.165, 1.54) is 17.9 Å². The van der Waals surface area contributed by atoms with Crippen LogP contribution in [0.5, 0.6) is 0 Å². The number of nitrogens with one attached hydrogen (secondary N) is 1. The lowest BCUT2D eigenvalue weighted by Crippen LogP contribution is -2.27. The number of nitrogens with zero attached hydrogens (tertiary/aromatic N) is 2. The molecule has 0 aliphatic rings. The minimum atomic E-state index is 0.387. The summed E-state index contributed by atoms with van der Waals surface area (Å²) in [5, 5.41) is 8.05. The molecule has 5 heteroatoms. The smallest absolute Gasteiger partial charge is 0.0703 e. The van der Waals surface area contributed by atoms with Gasteiger partial charge >= 0.3 is 0 Å². The van der Waals surface area contributed by atoms with Crippen molar-refractivity contribution in [3.8, 4) is 0 Å². The fourth-order valence-electron chi connectivity index (χ4n) is 1.87. The molecule has 0 amide bonds. The minimum absolute atomic E-state index is 0.387. The van der Waals surface area contributed by atoms with Crippen molar-refractivity contribution in [2.45, 2.75) is 46.2 Å². The molecule has 0 aliphatic carbocycles. The molecule has 0 bridgehead atoms. The number of aromatic nitrogens is 2. The molecule has 104 valence electrons. The zero-order chi connectivity index (χ0) is 13.4. The van der Waals surface area contributed by atoms with Gasteiger partial charge in [-0.3, -0.25) is 4.68 Å². The Kier molecular flexibility index (Phi) is 8.02. The summed E-state index contributed by atoms with van der Waals surface area (Å²) >= 11 is 5.64. The van der Waals surface area contributed by atoms with E-state index in [-0.39, 0.29) is 0 Å². The maximum absolute atomic E-state index is 4.41. The highest BCUT2D eigenvalue weighted by atomic mass is 79.9. The molecule has 0 saturated carbocycles. The second-order valence-corrected chi connectivity index (χ2v) is 6.28. The molecule has 18 heavy (non-hydrogen) atoms. The SMILES string of the molecule is CCCNC(CSCCC)c1c(Br)cnn1CC. The molecule has 1 N–H and O–H groups in total. The molecule has 0 aliphatic heterocycles. The van der Waals surface area contributed by atoms with Crippen LogP contribution in [-0.2, 0) is 6.54 Å². The van der Waals surface area contributed by atoms with Gasteiger partial charge in [-0.1, -0.05) is 13.8 Å². The lowest BCUT2D eigenvalue weighted by Gasteiger charge is -2.20. The molecule has 3 nitrogen and oxygen atoms in total. The largest absolute Gasteiger partial charge is 0.308 e. The fourth-order valence-corrected chi connectivity index (χ4v) is 3.41. The zero-order valence-corrected chi connectivity index (χ0v) is 14.0. The van der Waals surface area contributed by atoms with E-state index in [0.717, 1.165) is 29.7 Å². The molecule has 0 aromatic carbocycles. The number of rotatable bonds is 9. The summed E-state index contributed by atoms with van der Waals surface area (Å²) in [5.41, 5.74) is 1.29. The van der Waals surface area contributed by atoms with E-state index in [1.807, 2.05) is 18.0 Å². The van der Waals surface area contributed by atoms with E-state index in [2.05, 4.69) is 51.8 Å². The Morgan fingerprint density at radius 2 is 2.17 bits per heavy atom. The topological polar surface area (TPSA) is 29.9 Å². The first-order chi connectivity index (χ1) is 8.74. The van der Waals surface area contributed by atoms with E-state index in [9.17, 15) is 0 Å². The van der Waals surface area contributed by atoms with Crippen LogP contribution in [0.15, 0.2) is 10.7 Å². The van der Waals surface area contributed by atoms with Crippen LogP contribution in [-0.4, -0.2) is 27.8 Å². The molecule has 0 saturated heterocycles. The molecule has 1 atom stereocenters. The Labute approximate surface area is 123 Å². The number of thioether (sulfide) groups is 1. The summed E-state index contributed by atoms with van der Waals surface area (Å²) in [6.45, 7) is 8.55. The van der Waals surface area contributed by atoms with Crippen LogP contribution < -0.4 is 5.32 Å². The molecule has 0 fully saturated rings.